The minimum absolute atomic E-state index is 0.171. The first-order valence-corrected chi connectivity index (χ1v) is 8.07. The van der Waals surface area contributed by atoms with E-state index in [1.807, 2.05) is 24.1 Å². The van der Waals surface area contributed by atoms with Gasteiger partial charge in [0.05, 0.1) is 0 Å². The molecule has 1 amide bonds. The van der Waals surface area contributed by atoms with Crippen LogP contribution in [-0.2, 0) is 0 Å². The van der Waals surface area contributed by atoms with Crippen LogP contribution in [0.3, 0.4) is 0 Å². The smallest absolute Gasteiger partial charge is 0.254 e. The van der Waals surface area contributed by atoms with Crippen molar-refractivity contribution in [1.82, 2.24) is 9.88 Å². The monoisotopic (exact) mass is 287 g/mol. The van der Waals surface area contributed by atoms with Gasteiger partial charge in [0.1, 0.15) is 5.82 Å². The van der Waals surface area contributed by atoms with Crippen LogP contribution in [0, 0.1) is 11.8 Å². The lowest BCUT2D eigenvalue weighted by Crippen LogP contribution is -2.29. The summed E-state index contributed by atoms with van der Waals surface area (Å²) in [5.41, 5.74) is 1.75. The summed E-state index contributed by atoms with van der Waals surface area (Å²) in [4.78, 5) is 19.4. The lowest BCUT2D eigenvalue weighted by molar-refractivity contribution is 0.0780. The summed E-state index contributed by atoms with van der Waals surface area (Å²) in [5, 5.41) is 3.07. The molecule has 0 spiro atoms. The van der Waals surface area contributed by atoms with Crippen LogP contribution in [0.2, 0.25) is 0 Å². The van der Waals surface area contributed by atoms with E-state index in [9.17, 15) is 4.79 Å². The van der Waals surface area contributed by atoms with Crippen molar-refractivity contribution in [2.75, 3.05) is 25.5 Å². The molecule has 1 aliphatic heterocycles. The predicted octanol–water partition coefficient (Wildman–Crippen LogP) is 3.12. The maximum atomic E-state index is 12.8. The summed E-state index contributed by atoms with van der Waals surface area (Å²) in [6.07, 6.45) is 3.93. The Labute approximate surface area is 126 Å². The van der Waals surface area contributed by atoms with Crippen LogP contribution >= 0.6 is 0 Å². The van der Waals surface area contributed by atoms with E-state index in [0.29, 0.717) is 5.92 Å². The highest BCUT2D eigenvalue weighted by molar-refractivity contribution is 5.95. The molecule has 3 rings (SSSR count). The molecular weight excluding hydrogens is 262 g/mol. The number of carbonyl (C=O) groups excluding carboxylic acids is 1. The van der Waals surface area contributed by atoms with E-state index in [4.69, 9.17) is 0 Å². The number of likely N-dealkylation sites (tertiary alicyclic amines) is 1. The van der Waals surface area contributed by atoms with Crippen molar-refractivity contribution in [3.8, 4) is 0 Å². The molecule has 1 saturated heterocycles. The molecule has 2 heterocycles. The lowest BCUT2D eigenvalue weighted by atomic mass is 10.0. The molecule has 1 saturated carbocycles. The second kappa shape index (κ2) is 5.66. The summed E-state index contributed by atoms with van der Waals surface area (Å²) < 4.78 is 0. The van der Waals surface area contributed by atoms with E-state index >= 15 is 0 Å². The number of pyridine rings is 1. The Hall–Kier alpha value is -1.58. The van der Waals surface area contributed by atoms with Crippen LogP contribution in [0.1, 0.15) is 55.1 Å². The third kappa shape index (κ3) is 2.76. The highest BCUT2D eigenvalue weighted by atomic mass is 16.2. The average molecular weight is 287 g/mol. The first-order valence-electron chi connectivity index (χ1n) is 8.07. The molecule has 0 radical (unpaired) electrons. The summed E-state index contributed by atoms with van der Waals surface area (Å²) in [6.45, 7) is 6.10. The topological polar surface area (TPSA) is 45.2 Å². The molecule has 2 unspecified atom stereocenters. The zero-order valence-electron chi connectivity index (χ0n) is 13.2. The number of aromatic nitrogens is 1. The average Bonchev–Trinajstić information content (AvgIpc) is 3.07. The van der Waals surface area contributed by atoms with Crippen molar-refractivity contribution in [2.24, 2.45) is 11.8 Å². The number of rotatable bonds is 3. The van der Waals surface area contributed by atoms with Crippen LogP contribution in [-0.4, -0.2) is 35.9 Å². The molecule has 1 aromatic rings. The van der Waals surface area contributed by atoms with E-state index in [1.54, 1.807) is 0 Å². The van der Waals surface area contributed by atoms with Gasteiger partial charge in [-0.15, -0.1) is 0 Å². The minimum atomic E-state index is 0.171. The first kappa shape index (κ1) is 14.4. The van der Waals surface area contributed by atoms with Gasteiger partial charge in [-0.3, -0.25) is 4.79 Å². The van der Waals surface area contributed by atoms with Crippen molar-refractivity contribution in [3.05, 3.63) is 23.4 Å². The first-order chi connectivity index (χ1) is 10.1. The number of nitrogens with zero attached hydrogens (tertiary/aromatic N) is 2. The van der Waals surface area contributed by atoms with Crippen molar-refractivity contribution in [1.29, 1.82) is 0 Å². The summed E-state index contributed by atoms with van der Waals surface area (Å²) in [7, 11) is 1.85. The summed E-state index contributed by atoms with van der Waals surface area (Å²) in [5.74, 6) is 2.75. The summed E-state index contributed by atoms with van der Waals surface area (Å²) in [6, 6.07) is 3.84. The van der Waals surface area contributed by atoms with Gasteiger partial charge in [0.15, 0.2) is 0 Å². The molecule has 2 atom stereocenters. The van der Waals surface area contributed by atoms with Crippen LogP contribution in [0.25, 0.3) is 0 Å². The Bertz CT molecular complexity index is 529. The summed E-state index contributed by atoms with van der Waals surface area (Å²) >= 11 is 0. The molecule has 1 N–H and O–H groups in total. The van der Waals surface area contributed by atoms with Gasteiger partial charge in [-0.2, -0.15) is 0 Å². The maximum Gasteiger partial charge on any atom is 0.254 e. The Kier molecular flexibility index (Phi) is 3.87. The third-order valence-corrected chi connectivity index (χ3v) is 4.95. The van der Waals surface area contributed by atoms with Gasteiger partial charge in [0.25, 0.3) is 5.91 Å². The predicted molar refractivity (Wildman–Crippen MR) is 84.6 cm³/mol. The number of hydrogen-bond donors (Lipinski definition) is 1. The number of carbonyl (C=O) groups is 1. The largest absolute Gasteiger partial charge is 0.373 e. The third-order valence-electron chi connectivity index (χ3n) is 4.95. The SMILES string of the molecule is CNc1cc(C(=O)N2CC3CCCC3C2)cc(C(C)C)n1. The quantitative estimate of drug-likeness (QED) is 0.929. The zero-order valence-corrected chi connectivity index (χ0v) is 13.2. The minimum Gasteiger partial charge on any atom is -0.373 e. The van der Waals surface area contributed by atoms with Gasteiger partial charge >= 0.3 is 0 Å². The fraction of sp³-hybridized carbons (Fsp3) is 0.647. The Morgan fingerprint density at radius 3 is 2.52 bits per heavy atom. The van der Waals surface area contributed by atoms with Gasteiger partial charge in [-0.1, -0.05) is 20.3 Å². The van der Waals surface area contributed by atoms with Gasteiger partial charge < -0.3 is 10.2 Å². The Morgan fingerprint density at radius 2 is 1.95 bits per heavy atom. The van der Waals surface area contributed by atoms with Gasteiger partial charge in [-0.25, -0.2) is 4.98 Å². The van der Waals surface area contributed by atoms with E-state index in [2.05, 4.69) is 24.1 Å². The number of anilines is 1. The van der Waals surface area contributed by atoms with Crippen molar-refractivity contribution < 1.29 is 4.79 Å². The highest BCUT2D eigenvalue weighted by Gasteiger charge is 2.38. The Balaban J connectivity index is 1.82. The molecule has 2 fully saturated rings. The molecule has 114 valence electrons. The van der Waals surface area contributed by atoms with Crippen LogP contribution in [0.5, 0.6) is 0 Å². The second-order valence-corrected chi connectivity index (χ2v) is 6.73. The second-order valence-electron chi connectivity index (χ2n) is 6.73. The number of amides is 1. The van der Waals surface area contributed by atoms with Gasteiger partial charge in [0, 0.05) is 31.4 Å². The Morgan fingerprint density at radius 1 is 1.29 bits per heavy atom. The fourth-order valence-corrected chi connectivity index (χ4v) is 3.68. The standard InChI is InChI=1S/C17H25N3O/c1-11(2)15-7-14(8-16(18-3)19-15)17(21)20-9-12-5-4-6-13(12)10-20/h7-8,11-13H,4-6,9-10H2,1-3H3,(H,18,19). The molecule has 2 aliphatic rings. The van der Waals surface area contributed by atoms with E-state index in [-0.39, 0.29) is 5.91 Å². The van der Waals surface area contributed by atoms with Crippen molar-refractivity contribution >= 4 is 11.7 Å². The number of nitrogens with one attached hydrogen (secondary N) is 1. The van der Waals surface area contributed by atoms with Gasteiger partial charge in [-0.05, 0) is 42.7 Å². The molecule has 1 aliphatic carbocycles. The van der Waals surface area contributed by atoms with Crippen LogP contribution in [0.15, 0.2) is 12.1 Å². The van der Waals surface area contributed by atoms with E-state index in [0.717, 1.165) is 42.0 Å². The van der Waals surface area contributed by atoms with E-state index < -0.39 is 0 Å². The highest BCUT2D eigenvalue weighted by Crippen LogP contribution is 2.38. The molecule has 4 heteroatoms. The lowest BCUT2D eigenvalue weighted by Gasteiger charge is -2.19. The zero-order chi connectivity index (χ0) is 15.0. The molecule has 4 nitrogen and oxygen atoms in total. The molecule has 1 aromatic heterocycles. The normalized spacial score (nSPS) is 24.5. The molecule has 0 aromatic carbocycles. The van der Waals surface area contributed by atoms with Crippen molar-refractivity contribution in [2.45, 2.75) is 39.0 Å². The molecule has 0 bridgehead atoms. The van der Waals surface area contributed by atoms with Crippen LogP contribution in [0.4, 0.5) is 5.82 Å². The molecular formula is C17H25N3O. The number of fused-ring (bicyclic) bond motifs is 1. The molecule has 21 heavy (non-hydrogen) atoms. The van der Waals surface area contributed by atoms with Crippen LogP contribution < -0.4 is 5.32 Å². The fourth-order valence-electron chi connectivity index (χ4n) is 3.68. The van der Waals surface area contributed by atoms with Gasteiger partial charge in [0.2, 0.25) is 0 Å². The number of hydrogen-bond acceptors (Lipinski definition) is 3. The van der Waals surface area contributed by atoms with E-state index in [1.165, 1.54) is 19.3 Å². The maximum absolute atomic E-state index is 12.8. The van der Waals surface area contributed by atoms with Crippen molar-refractivity contribution in [3.63, 3.8) is 0 Å².